The van der Waals surface area contributed by atoms with Gasteiger partial charge >= 0.3 is 0 Å². The third-order valence-electron chi connectivity index (χ3n) is 4.00. The summed E-state index contributed by atoms with van der Waals surface area (Å²) in [5, 5.41) is 13.4. The third-order valence-corrected chi connectivity index (χ3v) is 4.87. The Kier molecular flexibility index (Phi) is 3.20. The summed E-state index contributed by atoms with van der Waals surface area (Å²) in [5.41, 5.74) is 3.47. The molecule has 7 nitrogen and oxygen atoms in total. The first-order valence-corrected chi connectivity index (χ1v) is 8.65. The molecule has 0 aliphatic heterocycles. The maximum absolute atomic E-state index is 4.64. The molecule has 0 fully saturated rings. The van der Waals surface area contributed by atoms with E-state index in [9.17, 15) is 0 Å². The van der Waals surface area contributed by atoms with Gasteiger partial charge in [0.2, 0.25) is 5.95 Å². The summed E-state index contributed by atoms with van der Waals surface area (Å²) in [6.45, 7) is 0.706. The highest BCUT2D eigenvalue weighted by molar-refractivity contribution is 7.09. The van der Waals surface area contributed by atoms with E-state index in [1.807, 2.05) is 28.8 Å². The molecule has 5 rings (SSSR count). The van der Waals surface area contributed by atoms with Gasteiger partial charge in [0, 0.05) is 10.3 Å². The lowest BCUT2D eigenvalue weighted by molar-refractivity contribution is 1.04. The number of fused-ring (bicyclic) bond motifs is 2. The molecule has 0 spiro atoms. The normalized spacial score (nSPS) is 11.4. The minimum Gasteiger partial charge on any atom is -0.349 e. The molecule has 0 saturated carbocycles. The maximum Gasteiger partial charge on any atom is 0.225 e. The van der Waals surface area contributed by atoms with Crippen LogP contribution in [0.5, 0.6) is 0 Å². The Bertz CT molecular complexity index is 1160. The highest BCUT2D eigenvalue weighted by Crippen LogP contribution is 2.21. The topological polar surface area (TPSA) is 84.3 Å². The molecular weight excluding hydrogens is 334 g/mol. The van der Waals surface area contributed by atoms with Crippen molar-refractivity contribution in [2.45, 2.75) is 6.54 Å². The molecule has 0 amide bonds. The lowest BCUT2D eigenvalue weighted by atomic mass is 10.2. The Morgan fingerprint density at radius 2 is 2.16 bits per heavy atom. The quantitative estimate of drug-likeness (QED) is 0.521. The smallest absolute Gasteiger partial charge is 0.225 e. The standard InChI is InChI=1S/C17H13N7S/c1-2-13(25-5-1)8-18-17-19-9-15-16(22-17)24(10-20-15)12-4-3-11-7-21-23-14(11)6-12/h1-7,9-10H,8H2,(H,21,23)(H,18,19,22). The van der Waals surface area contributed by atoms with Gasteiger partial charge in [-0.1, -0.05) is 6.07 Å². The number of nitrogens with zero attached hydrogens (tertiary/aromatic N) is 5. The zero-order valence-corrected chi connectivity index (χ0v) is 13.9. The van der Waals surface area contributed by atoms with Crippen LogP contribution >= 0.6 is 11.3 Å². The van der Waals surface area contributed by atoms with Gasteiger partial charge < -0.3 is 5.32 Å². The summed E-state index contributed by atoms with van der Waals surface area (Å²) < 4.78 is 1.95. The fourth-order valence-electron chi connectivity index (χ4n) is 2.74. The second-order valence-electron chi connectivity index (χ2n) is 5.59. The number of imidazole rings is 1. The van der Waals surface area contributed by atoms with Gasteiger partial charge in [0.15, 0.2) is 5.65 Å². The summed E-state index contributed by atoms with van der Waals surface area (Å²) in [6, 6.07) is 10.2. The minimum atomic E-state index is 0.588. The van der Waals surface area contributed by atoms with Gasteiger partial charge in [-0.15, -0.1) is 11.3 Å². The number of nitrogens with one attached hydrogen (secondary N) is 2. The van der Waals surface area contributed by atoms with Gasteiger partial charge in [0.05, 0.1) is 30.1 Å². The molecule has 0 unspecified atom stereocenters. The third kappa shape index (κ3) is 2.52. The molecule has 0 aliphatic rings. The van der Waals surface area contributed by atoms with E-state index < -0.39 is 0 Å². The number of aromatic nitrogens is 6. The van der Waals surface area contributed by atoms with Crippen molar-refractivity contribution in [3.8, 4) is 5.69 Å². The van der Waals surface area contributed by atoms with Crippen LogP contribution in [0.15, 0.2) is 54.4 Å². The first-order chi connectivity index (χ1) is 12.4. The van der Waals surface area contributed by atoms with Crippen LogP contribution in [0.4, 0.5) is 5.95 Å². The van der Waals surface area contributed by atoms with Gasteiger partial charge in [-0.2, -0.15) is 10.1 Å². The molecule has 8 heteroatoms. The van der Waals surface area contributed by atoms with Crippen molar-refractivity contribution in [3.63, 3.8) is 0 Å². The number of rotatable bonds is 4. The molecule has 4 heterocycles. The monoisotopic (exact) mass is 347 g/mol. The average molecular weight is 347 g/mol. The lowest BCUT2D eigenvalue weighted by Gasteiger charge is -2.06. The van der Waals surface area contributed by atoms with Crippen LogP contribution in [0, 0.1) is 0 Å². The van der Waals surface area contributed by atoms with Crippen LogP contribution in [-0.4, -0.2) is 29.7 Å². The Balaban J connectivity index is 1.53. The van der Waals surface area contributed by atoms with Gasteiger partial charge in [0.25, 0.3) is 0 Å². The molecule has 1 aromatic carbocycles. The van der Waals surface area contributed by atoms with Crippen molar-refractivity contribution in [1.29, 1.82) is 0 Å². The number of thiophene rings is 1. The van der Waals surface area contributed by atoms with Gasteiger partial charge in [-0.3, -0.25) is 9.67 Å². The second-order valence-corrected chi connectivity index (χ2v) is 6.62. The molecule has 122 valence electrons. The predicted molar refractivity (Wildman–Crippen MR) is 98.0 cm³/mol. The Morgan fingerprint density at radius 3 is 3.08 bits per heavy atom. The highest BCUT2D eigenvalue weighted by atomic mass is 32.1. The summed E-state index contributed by atoms with van der Waals surface area (Å²) in [5.74, 6) is 0.588. The van der Waals surface area contributed by atoms with Crippen LogP contribution in [0.25, 0.3) is 27.8 Å². The van der Waals surface area contributed by atoms with E-state index in [1.165, 1.54) is 4.88 Å². The van der Waals surface area contributed by atoms with Crippen LogP contribution < -0.4 is 5.32 Å². The zero-order valence-electron chi connectivity index (χ0n) is 13.0. The number of hydrogen-bond acceptors (Lipinski definition) is 6. The van der Waals surface area contributed by atoms with E-state index in [1.54, 1.807) is 30.1 Å². The van der Waals surface area contributed by atoms with Crippen LogP contribution in [0.3, 0.4) is 0 Å². The van der Waals surface area contributed by atoms with E-state index in [4.69, 9.17) is 0 Å². The van der Waals surface area contributed by atoms with Crippen molar-refractivity contribution in [3.05, 3.63) is 59.3 Å². The lowest BCUT2D eigenvalue weighted by Crippen LogP contribution is -2.03. The number of aromatic amines is 1. The first-order valence-electron chi connectivity index (χ1n) is 7.77. The molecule has 0 bridgehead atoms. The Hall–Kier alpha value is -3.26. The Morgan fingerprint density at radius 1 is 1.16 bits per heavy atom. The molecule has 5 aromatic rings. The number of H-pyrrole nitrogens is 1. The van der Waals surface area contributed by atoms with Crippen molar-refractivity contribution >= 4 is 39.4 Å². The summed E-state index contributed by atoms with van der Waals surface area (Å²) in [6.07, 6.45) is 5.31. The van der Waals surface area contributed by atoms with Crippen molar-refractivity contribution in [1.82, 2.24) is 29.7 Å². The fraction of sp³-hybridized carbons (Fsp3) is 0.0588. The van der Waals surface area contributed by atoms with Gasteiger partial charge in [-0.05, 0) is 29.6 Å². The van der Waals surface area contributed by atoms with E-state index in [0.29, 0.717) is 12.5 Å². The molecule has 0 atom stereocenters. The molecular formula is C17H13N7S. The summed E-state index contributed by atoms with van der Waals surface area (Å²) in [7, 11) is 0. The molecule has 0 radical (unpaired) electrons. The molecule has 2 N–H and O–H groups in total. The summed E-state index contributed by atoms with van der Waals surface area (Å²) >= 11 is 1.70. The summed E-state index contributed by atoms with van der Waals surface area (Å²) in [4.78, 5) is 14.6. The van der Waals surface area contributed by atoms with E-state index in [0.717, 1.165) is 27.8 Å². The molecule has 0 saturated heterocycles. The van der Waals surface area contributed by atoms with E-state index in [2.05, 4.69) is 41.9 Å². The Labute approximate surface area is 146 Å². The van der Waals surface area contributed by atoms with Crippen LogP contribution in [-0.2, 0) is 6.54 Å². The maximum atomic E-state index is 4.64. The number of hydrogen-bond donors (Lipinski definition) is 2. The molecule has 25 heavy (non-hydrogen) atoms. The van der Waals surface area contributed by atoms with Gasteiger partial charge in [0.1, 0.15) is 11.8 Å². The van der Waals surface area contributed by atoms with Crippen molar-refractivity contribution < 1.29 is 0 Å². The average Bonchev–Trinajstić information content (AvgIpc) is 3.38. The van der Waals surface area contributed by atoms with Crippen molar-refractivity contribution in [2.24, 2.45) is 0 Å². The fourth-order valence-corrected chi connectivity index (χ4v) is 3.38. The largest absolute Gasteiger partial charge is 0.349 e. The SMILES string of the molecule is c1csc(CNc2ncc3ncn(-c4ccc5cn[nH]c5c4)c3n2)c1. The zero-order chi connectivity index (χ0) is 16.6. The van der Waals surface area contributed by atoms with Crippen LogP contribution in [0.1, 0.15) is 4.88 Å². The highest BCUT2D eigenvalue weighted by Gasteiger charge is 2.09. The number of benzene rings is 1. The minimum absolute atomic E-state index is 0.588. The van der Waals surface area contributed by atoms with Crippen molar-refractivity contribution in [2.75, 3.05) is 5.32 Å². The molecule has 0 aliphatic carbocycles. The number of anilines is 1. The predicted octanol–water partition coefficient (Wildman–Crippen LogP) is 3.37. The van der Waals surface area contributed by atoms with Gasteiger partial charge in [-0.25, -0.2) is 9.97 Å². The van der Waals surface area contributed by atoms with E-state index in [-0.39, 0.29) is 0 Å². The van der Waals surface area contributed by atoms with E-state index >= 15 is 0 Å². The van der Waals surface area contributed by atoms with Crippen LogP contribution in [0.2, 0.25) is 0 Å². The second kappa shape index (κ2) is 5.67. The first kappa shape index (κ1) is 14.1. The molecule has 4 aromatic heterocycles.